The summed E-state index contributed by atoms with van der Waals surface area (Å²) in [5.41, 5.74) is 2.35. The van der Waals surface area contributed by atoms with Gasteiger partial charge >= 0.3 is 0 Å². The van der Waals surface area contributed by atoms with Crippen molar-refractivity contribution in [3.8, 4) is 5.75 Å². The van der Waals surface area contributed by atoms with Crippen LogP contribution in [-0.2, 0) is 4.74 Å². The zero-order chi connectivity index (χ0) is 18.6. The largest absolute Gasteiger partial charge is 0.485 e. The van der Waals surface area contributed by atoms with E-state index in [1.165, 1.54) is 18.2 Å². The van der Waals surface area contributed by atoms with E-state index in [1.807, 2.05) is 26.8 Å². The van der Waals surface area contributed by atoms with Crippen LogP contribution in [0.1, 0.15) is 34.7 Å². The molecular formula is C18H22N2O5. The molecule has 0 unspecified atom stereocenters. The fourth-order valence-corrected chi connectivity index (χ4v) is 2.97. The summed E-state index contributed by atoms with van der Waals surface area (Å²) in [4.78, 5) is 22.8. The molecule has 1 aromatic carbocycles. The molecule has 0 saturated carbocycles. The van der Waals surface area contributed by atoms with Crippen molar-refractivity contribution in [3.05, 3.63) is 57.4 Å². The van der Waals surface area contributed by atoms with Crippen molar-refractivity contribution in [1.29, 1.82) is 0 Å². The minimum Gasteiger partial charge on any atom is -0.485 e. The van der Waals surface area contributed by atoms with Gasteiger partial charge in [0.05, 0.1) is 23.6 Å². The van der Waals surface area contributed by atoms with E-state index in [9.17, 15) is 14.9 Å². The maximum absolute atomic E-state index is 12.5. The first-order valence-electron chi connectivity index (χ1n) is 7.93. The third-order valence-corrected chi connectivity index (χ3v) is 4.03. The molecule has 0 aliphatic rings. The number of ketones is 1. The third kappa shape index (κ3) is 4.24. The molecule has 0 aliphatic carbocycles. The Kier molecular flexibility index (Phi) is 5.93. The van der Waals surface area contributed by atoms with E-state index in [1.54, 1.807) is 13.2 Å². The highest BCUT2D eigenvalue weighted by Gasteiger charge is 2.19. The van der Waals surface area contributed by atoms with Gasteiger partial charge in [0.1, 0.15) is 5.75 Å². The maximum atomic E-state index is 12.5. The number of non-ortho nitro benzene ring substituents is 1. The first-order valence-corrected chi connectivity index (χ1v) is 7.93. The van der Waals surface area contributed by atoms with Crippen molar-refractivity contribution in [2.24, 2.45) is 0 Å². The molecule has 134 valence electrons. The Bertz CT molecular complexity index is 782. The average molecular weight is 346 g/mol. The monoisotopic (exact) mass is 346 g/mol. The van der Waals surface area contributed by atoms with Crippen LogP contribution < -0.4 is 4.74 Å². The van der Waals surface area contributed by atoms with Crippen LogP contribution in [-0.4, -0.2) is 35.6 Å². The van der Waals surface area contributed by atoms with E-state index in [2.05, 4.69) is 4.57 Å². The second-order valence-corrected chi connectivity index (χ2v) is 5.93. The molecular weight excluding hydrogens is 324 g/mol. The van der Waals surface area contributed by atoms with Gasteiger partial charge in [-0.1, -0.05) is 6.07 Å². The van der Waals surface area contributed by atoms with Gasteiger partial charge in [-0.2, -0.15) is 0 Å². The summed E-state index contributed by atoms with van der Waals surface area (Å²) in [5, 5.41) is 10.8. The van der Waals surface area contributed by atoms with Crippen LogP contribution >= 0.6 is 0 Å². The normalized spacial score (nSPS) is 12.0. The number of benzene rings is 1. The van der Waals surface area contributed by atoms with Crippen molar-refractivity contribution in [1.82, 2.24) is 4.57 Å². The zero-order valence-electron chi connectivity index (χ0n) is 14.8. The highest BCUT2D eigenvalue weighted by molar-refractivity contribution is 5.98. The number of ether oxygens (including phenoxy) is 2. The molecule has 0 amide bonds. The molecule has 1 atom stereocenters. The van der Waals surface area contributed by atoms with Crippen LogP contribution in [0.25, 0.3) is 0 Å². The molecule has 0 N–H and O–H groups in total. The molecule has 0 fully saturated rings. The van der Waals surface area contributed by atoms with Crippen molar-refractivity contribution in [2.75, 3.05) is 20.3 Å². The summed E-state index contributed by atoms with van der Waals surface area (Å²) in [6.45, 7) is 6.23. The van der Waals surface area contributed by atoms with Crippen LogP contribution in [0, 0.1) is 24.0 Å². The number of carbonyl (C=O) groups is 1. The van der Waals surface area contributed by atoms with Gasteiger partial charge in [0.25, 0.3) is 5.69 Å². The summed E-state index contributed by atoms with van der Waals surface area (Å²) < 4.78 is 12.7. The van der Waals surface area contributed by atoms with Crippen molar-refractivity contribution in [3.63, 3.8) is 0 Å². The van der Waals surface area contributed by atoms with E-state index in [0.29, 0.717) is 17.9 Å². The Hall–Kier alpha value is -2.67. The Morgan fingerprint density at radius 1 is 1.32 bits per heavy atom. The smallest absolute Gasteiger partial charge is 0.273 e. The van der Waals surface area contributed by atoms with Gasteiger partial charge < -0.3 is 14.0 Å². The predicted octanol–water partition coefficient (Wildman–Crippen LogP) is 3.48. The summed E-state index contributed by atoms with van der Waals surface area (Å²) in [5.74, 6) is 0.125. The van der Waals surface area contributed by atoms with Crippen molar-refractivity contribution in [2.45, 2.75) is 26.8 Å². The molecule has 2 aromatic rings. The van der Waals surface area contributed by atoms with Crippen molar-refractivity contribution < 1.29 is 19.2 Å². The van der Waals surface area contributed by atoms with Crippen LogP contribution in [0.3, 0.4) is 0 Å². The van der Waals surface area contributed by atoms with Gasteiger partial charge in [-0.05, 0) is 32.9 Å². The van der Waals surface area contributed by atoms with E-state index in [4.69, 9.17) is 9.47 Å². The molecule has 2 rings (SSSR count). The lowest BCUT2D eigenvalue weighted by Gasteiger charge is -2.17. The number of aromatic nitrogens is 1. The Balaban J connectivity index is 2.13. The minimum atomic E-state index is -0.501. The van der Waals surface area contributed by atoms with Crippen LogP contribution in [0.15, 0.2) is 30.3 Å². The van der Waals surface area contributed by atoms with Crippen LogP contribution in [0.4, 0.5) is 5.69 Å². The molecule has 1 aromatic heterocycles. The Morgan fingerprint density at radius 3 is 2.68 bits per heavy atom. The molecule has 1 heterocycles. The van der Waals surface area contributed by atoms with E-state index in [-0.39, 0.29) is 24.1 Å². The molecule has 0 radical (unpaired) electrons. The third-order valence-electron chi connectivity index (χ3n) is 4.03. The maximum Gasteiger partial charge on any atom is 0.273 e. The summed E-state index contributed by atoms with van der Waals surface area (Å²) in [7, 11) is 1.64. The number of nitro groups is 1. The molecule has 7 heteroatoms. The van der Waals surface area contributed by atoms with E-state index < -0.39 is 4.92 Å². The Morgan fingerprint density at radius 2 is 2.04 bits per heavy atom. The fourth-order valence-electron chi connectivity index (χ4n) is 2.97. The number of nitrogens with zero attached hydrogens (tertiary/aromatic N) is 2. The fraction of sp³-hybridized carbons (Fsp3) is 0.389. The van der Waals surface area contributed by atoms with Crippen LogP contribution in [0.5, 0.6) is 5.75 Å². The molecule has 7 nitrogen and oxygen atoms in total. The highest BCUT2D eigenvalue weighted by atomic mass is 16.6. The Labute approximate surface area is 146 Å². The number of hydrogen-bond donors (Lipinski definition) is 0. The minimum absolute atomic E-state index is 0.0727. The summed E-state index contributed by atoms with van der Waals surface area (Å²) >= 11 is 0. The predicted molar refractivity (Wildman–Crippen MR) is 93.4 cm³/mol. The standard InChI is InChI=1S/C18H22N2O5/c1-12-8-17(14(3)19(12)13(2)10-24-4)18(21)11-25-16-7-5-6-15(9-16)20(22)23/h5-9,13H,10-11H2,1-4H3/t13-/m1/s1. The molecule has 0 aliphatic heterocycles. The number of nitro benzene ring substituents is 1. The molecule has 0 bridgehead atoms. The SMILES string of the molecule is COC[C@@H](C)n1c(C)cc(C(=O)COc2cccc([N+](=O)[O-])c2)c1C. The number of methoxy groups -OCH3 is 1. The van der Waals surface area contributed by atoms with Gasteiger partial charge in [0.15, 0.2) is 6.61 Å². The lowest BCUT2D eigenvalue weighted by Crippen LogP contribution is -2.16. The van der Waals surface area contributed by atoms with Gasteiger partial charge in [0.2, 0.25) is 5.78 Å². The number of rotatable bonds is 8. The molecule has 25 heavy (non-hydrogen) atoms. The highest BCUT2D eigenvalue weighted by Crippen LogP contribution is 2.22. The number of hydrogen-bond acceptors (Lipinski definition) is 5. The molecule has 0 spiro atoms. The van der Waals surface area contributed by atoms with Crippen LogP contribution in [0.2, 0.25) is 0 Å². The van der Waals surface area contributed by atoms with Crippen molar-refractivity contribution >= 4 is 11.5 Å². The second kappa shape index (κ2) is 7.94. The van der Waals surface area contributed by atoms with Gasteiger partial charge in [-0.25, -0.2) is 0 Å². The van der Waals surface area contributed by atoms with Gasteiger partial charge in [-0.3, -0.25) is 14.9 Å². The summed E-state index contributed by atoms with van der Waals surface area (Å²) in [6.07, 6.45) is 0. The number of Topliss-reactive ketones (excluding diaryl/α,β-unsaturated/α-hetero) is 1. The van der Waals surface area contributed by atoms with Gasteiger partial charge in [-0.15, -0.1) is 0 Å². The van der Waals surface area contributed by atoms with Gasteiger partial charge in [0, 0.05) is 30.1 Å². The summed E-state index contributed by atoms with van der Waals surface area (Å²) in [6, 6.07) is 7.74. The number of aryl methyl sites for hydroxylation is 1. The number of carbonyl (C=O) groups excluding carboxylic acids is 1. The van der Waals surface area contributed by atoms with E-state index >= 15 is 0 Å². The van der Waals surface area contributed by atoms with E-state index in [0.717, 1.165) is 11.4 Å². The topological polar surface area (TPSA) is 83.6 Å². The molecule has 0 saturated heterocycles. The zero-order valence-corrected chi connectivity index (χ0v) is 14.8. The lowest BCUT2D eigenvalue weighted by atomic mass is 10.1. The first kappa shape index (κ1) is 18.7. The average Bonchev–Trinajstić information content (AvgIpc) is 2.87. The second-order valence-electron chi connectivity index (χ2n) is 5.93. The first-order chi connectivity index (χ1) is 11.8. The lowest BCUT2D eigenvalue weighted by molar-refractivity contribution is -0.384. The quantitative estimate of drug-likeness (QED) is 0.415.